The van der Waals surface area contributed by atoms with Crippen LogP contribution in [0.3, 0.4) is 0 Å². The highest BCUT2D eigenvalue weighted by atomic mass is 32.2. The van der Waals surface area contributed by atoms with Crippen LogP contribution < -0.4 is 0 Å². The summed E-state index contributed by atoms with van der Waals surface area (Å²) in [4.78, 5) is 7.87. The molecular formula is C14H19N3OS2. The number of hydrogen-bond acceptors (Lipinski definition) is 6. The lowest BCUT2D eigenvalue weighted by Crippen LogP contribution is -2.20. The first-order chi connectivity index (χ1) is 9.78. The van der Waals surface area contributed by atoms with Crippen molar-refractivity contribution in [3.8, 4) is 0 Å². The van der Waals surface area contributed by atoms with Gasteiger partial charge in [-0.25, -0.2) is 0 Å². The summed E-state index contributed by atoms with van der Waals surface area (Å²) < 4.78 is 5.23. The van der Waals surface area contributed by atoms with Crippen molar-refractivity contribution in [2.24, 2.45) is 0 Å². The second kappa shape index (κ2) is 8.34. The Bertz CT molecular complexity index is 504. The standard InChI is InChI=1S/C14H19N3OS2/c1-17(8-9-20-12-6-4-3-5-7-12)10-14-15-13(11-19-2)16-18-14/h3-7H,8-11H2,1-2H3. The molecule has 2 rings (SSSR count). The number of rotatable bonds is 8. The van der Waals surface area contributed by atoms with Gasteiger partial charge in [0.15, 0.2) is 5.82 Å². The summed E-state index contributed by atoms with van der Waals surface area (Å²) in [6.45, 7) is 1.69. The highest BCUT2D eigenvalue weighted by Gasteiger charge is 2.08. The van der Waals surface area contributed by atoms with Crippen molar-refractivity contribution in [3.63, 3.8) is 0 Å². The van der Waals surface area contributed by atoms with Crippen LogP contribution in [0.25, 0.3) is 0 Å². The van der Waals surface area contributed by atoms with E-state index in [2.05, 4.69) is 46.4 Å². The molecule has 4 nitrogen and oxygen atoms in total. The molecule has 0 spiro atoms. The molecule has 6 heteroatoms. The summed E-state index contributed by atoms with van der Waals surface area (Å²) in [6.07, 6.45) is 2.03. The minimum absolute atomic E-state index is 0.696. The molecule has 0 unspecified atom stereocenters. The lowest BCUT2D eigenvalue weighted by molar-refractivity contribution is 0.277. The summed E-state index contributed by atoms with van der Waals surface area (Å²) in [5.41, 5.74) is 0. The molecule has 0 atom stereocenters. The van der Waals surface area contributed by atoms with Gasteiger partial charge in [-0.3, -0.25) is 4.90 Å². The van der Waals surface area contributed by atoms with Gasteiger partial charge in [-0.05, 0) is 25.4 Å². The Morgan fingerprint density at radius 1 is 1.25 bits per heavy atom. The molecule has 0 saturated heterocycles. The van der Waals surface area contributed by atoms with Gasteiger partial charge in [0.1, 0.15) is 0 Å². The Hall–Kier alpha value is -0.980. The van der Waals surface area contributed by atoms with Crippen molar-refractivity contribution in [3.05, 3.63) is 42.0 Å². The van der Waals surface area contributed by atoms with Crippen molar-refractivity contribution >= 4 is 23.5 Å². The molecule has 0 aliphatic rings. The largest absolute Gasteiger partial charge is 0.338 e. The molecular weight excluding hydrogens is 290 g/mol. The molecule has 0 amide bonds. The van der Waals surface area contributed by atoms with Gasteiger partial charge in [-0.2, -0.15) is 16.7 Å². The average molecular weight is 309 g/mol. The fourth-order valence-corrected chi connectivity index (χ4v) is 3.05. The molecule has 108 valence electrons. The third kappa shape index (κ3) is 5.19. The van der Waals surface area contributed by atoms with Crippen LogP contribution in [0.4, 0.5) is 0 Å². The van der Waals surface area contributed by atoms with Crippen molar-refractivity contribution < 1.29 is 4.52 Å². The number of benzene rings is 1. The lowest BCUT2D eigenvalue weighted by atomic mass is 10.4. The number of nitrogens with zero attached hydrogens (tertiary/aromatic N) is 3. The Labute approximate surface area is 128 Å². The van der Waals surface area contributed by atoms with Crippen LogP contribution in [0.5, 0.6) is 0 Å². The van der Waals surface area contributed by atoms with Gasteiger partial charge in [-0.1, -0.05) is 23.4 Å². The van der Waals surface area contributed by atoms with E-state index in [1.165, 1.54) is 4.90 Å². The van der Waals surface area contributed by atoms with Gasteiger partial charge in [-0.15, -0.1) is 11.8 Å². The fraction of sp³-hybridized carbons (Fsp3) is 0.429. The Morgan fingerprint density at radius 2 is 2.05 bits per heavy atom. The van der Waals surface area contributed by atoms with Crippen LogP contribution in [0.15, 0.2) is 39.8 Å². The van der Waals surface area contributed by atoms with Crippen LogP contribution in [0, 0.1) is 0 Å². The maximum Gasteiger partial charge on any atom is 0.240 e. The predicted octanol–water partition coefficient (Wildman–Crippen LogP) is 3.16. The van der Waals surface area contributed by atoms with Crippen LogP contribution >= 0.6 is 23.5 Å². The smallest absolute Gasteiger partial charge is 0.240 e. The Morgan fingerprint density at radius 3 is 2.80 bits per heavy atom. The first-order valence-corrected chi connectivity index (χ1v) is 8.82. The van der Waals surface area contributed by atoms with Crippen LogP contribution in [-0.4, -0.2) is 40.6 Å². The van der Waals surface area contributed by atoms with E-state index in [1.807, 2.05) is 24.1 Å². The molecule has 20 heavy (non-hydrogen) atoms. The summed E-state index contributed by atoms with van der Waals surface area (Å²) in [6, 6.07) is 10.4. The van der Waals surface area contributed by atoms with Crippen molar-refractivity contribution in [2.45, 2.75) is 17.2 Å². The van der Waals surface area contributed by atoms with Gasteiger partial charge in [0, 0.05) is 17.2 Å². The van der Waals surface area contributed by atoms with Gasteiger partial charge in [0.25, 0.3) is 0 Å². The minimum atomic E-state index is 0.696. The number of thioether (sulfide) groups is 2. The molecule has 1 heterocycles. The predicted molar refractivity (Wildman–Crippen MR) is 85.0 cm³/mol. The quantitative estimate of drug-likeness (QED) is 0.698. The normalized spacial score (nSPS) is 11.2. The van der Waals surface area contributed by atoms with E-state index in [4.69, 9.17) is 4.52 Å². The van der Waals surface area contributed by atoms with E-state index in [1.54, 1.807) is 11.8 Å². The third-order valence-corrected chi connectivity index (χ3v) is 4.21. The molecule has 1 aromatic heterocycles. The molecule has 0 aliphatic carbocycles. The van der Waals surface area contributed by atoms with Crippen LogP contribution in [0.2, 0.25) is 0 Å². The second-order valence-corrected chi connectivity index (χ2v) is 6.47. The zero-order valence-electron chi connectivity index (χ0n) is 11.8. The van der Waals surface area contributed by atoms with Crippen molar-refractivity contribution in [1.29, 1.82) is 0 Å². The van der Waals surface area contributed by atoms with E-state index in [9.17, 15) is 0 Å². The monoisotopic (exact) mass is 309 g/mol. The summed E-state index contributed by atoms with van der Waals surface area (Å²) >= 11 is 3.56. The Kier molecular flexibility index (Phi) is 6.42. The first-order valence-electron chi connectivity index (χ1n) is 6.44. The molecule has 0 fully saturated rings. The molecule has 0 saturated carbocycles. The zero-order valence-corrected chi connectivity index (χ0v) is 13.4. The van der Waals surface area contributed by atoms with Crippen molar-refractivity contribution in [2.75, 3.05) is 25.6 Å². The molecule has 1 aromatic carbocycles. The van der Waals surface area contributed by atoms with E-state index in [0.29, 0.717) is 12.4 Å². The van der Waals surface area contributed by atoms with Gasteiger partial charge < -0.3 is 4.52 Å². The molecule has 0 radical (unpaired) electrons. The highest BCUT2D eigenvalue weighted by Crippen LogP contribution is 2.16. The SMILES string of the molecule is CSCc1noc(CN(C)CCSc2ccccc2)n1. The zero-order chi connectivity index (χ0) is 14.2. The number of hydrogen-bond donors (Lipinski definition) is 0. The van der Waals surface area contributed by atoms with Crippen LogP contribution in [-0.2, 0) is 12.3 Å². The van der Waals surface area contributed by atoms with E-state index >= 15 is 0 Å². The van der Waals surface area contributed by atoms with Gasteiger partial charge >= 0.3 is 0 Å². The maximum absolute atomic E-state index is 5.23. The summed E-state index contributed by atoms with van der Waals surface area (Å²) in [5, 5.41) is 3.95. The topological polar surface area (TPSA) is 42.2 Å². The molecule has 2 aromatic rings. The lowest BCUT2D eigenvalue weighted by Gasteiger charge is -2.13. The van der Waals surface area contributed by atoms with E-state index < -0.39 is 0 Å². The first kappa shape index (κ1) is 15.4. The second-order valence-electron chi connectivity index (χ2n) is 4.44. The molecule has 0 bridgehead atoms. The van der Waals surface area contributed by atoms with Gasteiger partial charge in [0.05, 0.1) is 12.3 Å². The highest BCUT2D eigenvalue weighted by molar-refractivity contribution is 7.99. The maximum atomic E-state index is 5.23. The van der Waals surface area contributed by atoms with Crippen LogP contribution in [0.1, 0.15) is 11.7 Å². The van der Waals surface area contributed by atoms with Gasteiger partial charge in [0.2, 0.25) is 5.89 Å². The average Bonchev–Trinajstić information content (AvgIpc) is 2.88. The third-order valence-electron chi connectivity index (χ3n) is 2.67. The molecule has 0 aliphatic heterocycles. The summed E-state index contributed by atoms with van der Waals surface area (Å²) in [5.74, 6) is 3.32. The van der Waals surface area contributed by atoms with E-state index in [0.717, 1.165) is 23.9 Å². The van der Waals surface area contributed by atoms with E-state index in [-0.39, 0.29) is 0 Å². The fourth-order valence-electron chi connectivity index (χ4n) is 1.69. The number of aromatic nitrogens is 2. The summed E-state index contributed by atoms with van der Waals surface area (Å²) in [7, 11) is 2.07. The van der Waals surface area contributed by atoms with Crippen molar-refractivity contribution in [1.82, 2.24) is 15.0 Å². The Balaban J connectivity index is 1.70. The minimum Gasteiger partial charge on any atom is -0.338 e. The molecule has 0 N–H and O–H groups in total.